The van der Waals surface area contributed by atoms with Gasteiger partial charge >= 0.3 is 0 Å². The lowest BCUT2D eigenvalue weighted by Crippen LogP contribution is -2.74. The van der Waals surface area contributed by atoms with Gasteiger partial charge in [-0.1, -0.05) is 6.07 Å². The Kier molecular flexibility index (Phi) is 3.90. The first kappa shape index (κ1) is 17.2. The van der Waals surface area contributed by atoms with Gasteiger partial charge in [0.05, 0.1) is 6.10 Å². The van der Waals surface area contributed by atoms with E-state index in [1.54, 1.807) is 13.0 Å². The molecule has 2 aliphatic rings. The maximum absolute atomic E-state index is 12.3. The Morgan fingerprint density at radius 2 is 1.96 bits per heavy atom. The number of phenols is 2. The second-order valence-corrected chi connectivity index (χ2v) is 7.37. The topological polar surface area (TPSA) is 101 Å². The van der Waals surface area contributed by atoms with Crippen molar-refractivity contribution in [2.45, 2.75) is 56.3 Å². The molecule has 0 bridgehead atoms. The number of aromatic hydroxyl groups is 2. The van der Waals surface area contributed by atoms with E-state index in [1.165, 1.54) is 6.07 Å². The maximum Gasteiger partial charge on any atom is 0.161 e. The third-order valence-corrected chi connectivity index (χ3v) is 6.23. The average molecular weight is 335 g/mol. The number of Topliss-reactive ketones (excluding diaryl/α,β-unsaturated/α-hetero) is 1. The minimum absolute atomic E-state index is 0.0383. The lowest BCUT2D eigenvalue weighted by Gasteiger charge is -2.60. The standard InChI is InChI=1S/C18H25NO5/c1-10-4-5-13(21)16(23)15(10)17-6-7-19(3)11(2)18(17,24)14(22)8-12(20)9-17/h4-5,11,14,21-24H,6-9H2,1-3H3/t11?,14-,17+,18?/m0/s1. The number of aliphatic hydroxyl groups excluding tert-OH is 1. The Morgan fingerprint density at radius 3 is 2.62 bits per heavy atom. The van der Waals surface area contributed by atoms with E-state index < -0.39 is 23.2 Å². The number of likely N-dealkylation sites (tertiary alicyclic amines) is 1. The van der Waals surface area contributed by atoms with Gasteiger partial charge in [-0.05, 0) is 45.5 Å². The molecule has 0 spiro atoms. The Bertz CT molecular complexity index is 690. The molecule has 24 heavy (non-hydrogen) atoms. The lowest BCUT2D eigenvalue weighted by molar-refractivity contribution is -0.205. The summed E-state index contributed by atoms with van der Waals surface area (Å²) in [6, 6.07) is 2.65. The molecule has 1 aliphatic carbocycles. The van der Waals surface area contributed by atoms with Gasteiger partial charge in [-0.2, -0.15) is 0 Å². The SMILES string of the molecule is Cc1ccc(O)c(O)c1[C@]12CCN(C)C(C)C1(O)[C@@H](O)CC(=O)C2. The number of likely N-dealkylation sites (N-methyl/N-ethyl adjacent to an activating group) is 1. The van der Waals surface area contributed by atoms with Crippen LogP contribution in [0.15, 0.2) is 12.1 Å². The molecule has 6 heteroatoms. The Balaban J connectivity index is 2.32. The summed E-state index contributed by atoms with van der Waals surface area (Å²) in [6.45, 7) is 4.21. The quantitative estimate of drug-likeness (QED) is 0.567. The van der Waals surface area contributed by atoms with Crippen LogP contribution in [0, 0.1) is 6.92 Å². The molecule has 3 rings (SSSR count). The normalized spacial score (nSPS) is 37.3. The molecular formula is C18H25NO5. The molecule has 4 atom stereocenters. The zero-order valence-electron chi connectivity index (χ0n) is 14.3. The summed E-state index contributed by atoms with van der Waals surface area (Å²) in [5, 5.41) is 42.8. The highest BCUT2D eigenvalue weighted by Crippen LogP contribution is 2.56. The largest absolute Gasteiger partial charge is 0.504 e. The summed E-state index contributed by atoms with van der Waals surface area (Å²) in [7, 11) is 1.87. The number of aryl methyl sites for hydroxylation is 1. The molecule has 1 aromatic carbocycles. The molecule has 2 fully saturated rings. The highest BCUT2D eigenvalue weighted by atomic mass is 16.3. The van der Waals surface area contributed by atoms with Crippen molar-refractivity contribution in [3.8, 4) is 11.5 Å². The molecule has 6 nitrogen and oxygen atoms in total. The molecule has 0 aromatic heterocycles. The monoisotopic (exact) mass is 335 g/mol. The van der Waals surface area contributed by atoms with Crippen LogP contribution in [-0.2, 0) is 10.2 Å². The number of piperidine rings is 1. The fourth-order valence-electron chi connectivity index (χ4n) is 4.80. The van der Waals surface area contributed by atoms with Crippen molar-refractivity contribution in [1.29, 1.82) is 0 Å². The van der Waals surface area contributed by atoms with Crippen LogP contribution in [0.5, 0.6) is 11.5 Å². The van der Waals surface area contributed by atoms with Crippen LogP contribution in [0.2, 0.25) is 0 Å². The maximum atomic E-state index is 12.3. The Hall–Kier alpha value is -1.63. The Morgan fingerprint density at radius 1 is 1.29 bits per heavy atom. The summed E-state index contributed by atoms with van der Waals surface area (Å²) >= 11 is 0. The molecule has 0 amide bonds. The second kappa shape index (κ2) is 5.44. The predicted octanol–water partition coefficient (Wildman–Crippen LogP) is 0.823. The van der Waals surface area contributed by atoms with E-state index in [1.807, 2.05) is 18.9 Å². The molecule has 2 unspecified atom stereocenters. The highest BCUT2D eigenvalue weighted by molar-refractivity contribution is 5.83. The third kappa shape index (κ3) is 2.03. The molecule has 1 aromatic rings. The molecule has 0 radical (unpaired) electrons. The van der Waals surface area contributed by atoms with Gasteiger partial charge in [0.2, 0.25) is 0 Å². The van der Waals surface area contributed by atoms with E-state index in [0.717, 1.165) is 0 Å². The fraction of sp³-hybridized carbons (Fsp3) is 0.611. The van der Waals surface area contributed by atoms with Gasteiger partial charge in [0.25, 0.3) is 0 Å². The molecule has 4 N–H and O–H groups in total. The van der Waals surface area contributed by atoms with Crippen LogP contribution >= 0.6 is 0 Å². The second-order valence-electron chi connectivity index (χ2n) is 7.37. The van der Waals surface area contributed by atoms with E-state index in [2.05, 4.69) is 0 Å². The van der Waals surface area contributed by atoms with E-state index in [0.29, 0.717) is 24.1 Å². The van der Waals surface area contributed by atoms with Crippen molar-refractivity contribution in [3.05, 3.63) is 23.3 Å². The highest BCUT2D eigenvalue weighted by Gasteiger charge is 2.65. The summed E-state index contributed by atoms with van der Waals surface area (Å²) in [6.07, 6.45) is -0.881. The van der Waals surface area contributed by atoms with Gasteiger partial charge < -0.3 is 25.3 Å². The summed E-state index contributed by atoms with van der Waals surface area (Å²) in [4.78, 5) is 14.3. The summed E-state index contributed by atoms with van der Waals surface area (Å²) < 4.78 is 0. The first-order valence-electron chi connectivity index (χ1n) is 8.29. The van der Waals surface area contributed by atoms with E-state index >= 15 is 0 Å². The van der Waals surface area contributed by atoms with Gasteiger partial charge in [0, 0.05) is 29.9 Å². The number of hydrogen-bond donors (Lipinski definition) is 4. The van der Waals surface area contributed by atoms with Crippen LogP contribution in [0.3, 0.4) is 0 Å². The minimum Gasteiger partial charge on any atom is -0.504 e. The van der Waals surface area contributed by atoms with E-state index in [9.17, 15) is 25.2 Å². The van der Waals surface area contributed by atoms with Crippen molar-refractivity contribution in [2.75, 3.05) is 13.6 Å². The summed E-state index contributed by atoms with van der Waals surface area (Å²) in [5.74, 6) is -0.746. The first-order valence-corrected chi connectivity index (χ1v) is 8.29. The number of aliphatic hydroxyl groups is 2. The van der Waals surface area contributed by atoms with Gasteiger partial charge in [-0.15, -0.1) is 0 Å². The predicted molar refractivity (Wildman–Crippen MR) is 88.1 cm³/mol. The number of carbonyl (C=O) groups is 1. The molecule has 1 saturated carbocycles. The lowest BCUT2D eigenvalue weighted by atomic mass is 9.52. The molecule has 1 heterocycles. The smallest absolute Gasteiger partial charge is 0.161 e. The Labute approximate surface area is 141 Å². The molecular weight excluding hydrogens is 310 g/mol. The van der Waals surface area contributed by atoms with Crippen LogP contribution in [0.25, 0.3) is 0 Å². The van der Waals surface area contributed by atoms with Gasteiger partial charge in [-0.3, -0.25) is 4.79 Å². The van der Waals surface area contributed by atoms with Crippen molar-refractivity contribution in [2.24, 2.45) is 0 Å². The van der Waals surface area contributed by atoms with Gasteiger partial charge in [-0.25, -0.2) is 0 Å². The van der Waals surface area contributed by atoms with Crippen molar-refractivity contribution in [3.63, 3.8) is 0 Å². The zero-order chi connectivity index (χ0) is 17.9. The van der Waals surface area contributed by atoms with Crippen molar-refractivity contribution < 1.29 is 25.2 Å². The first-order chi connectivity index (χ1) is 11.1. The minimum atomic E-state index is -1.59. The number of ketones is 1. The summed E-state index contributed by atoms with van der Waals surface area (Å²) in [5.41, 5.74) is -1.66. The number of nitrogens with zero attached hydrogens (tertiary/aromatic N) is 1. The third-order valence-electron chi connectivity index (χ3n) is 6.23. The van der Waals surface area contributed by atoms with Crippen LogP contribution in [-0.4, -0.2) is 62.4 Å². The zero-order valence-corrected chi connectivity index (χ0v) is 14.3. The molecule has 1 aliphatic heterocycles. The number of rotatable bonds is 1. The molecule has 132 valence electrons. The fourth-order valence-corrected chi connectivity index (χ4v) is 4.80. The van der Waals surface area contributed by atoms with Crippen LogP contribution in [0.4, 0.5) is 0 Å². The van der Waals surface area contributed by atoms with E-state index in [-0.39, 0.29) is 30.1 Å². The average Bonchev–Trinajstić information content (AvgIpc) is 2.51. The van der Waals surface area contributed by atoms with Crippen LogP contribution in [0.1, 0.15) is 37.3 Å². The number of benzene rings is 1. The molecule has 1 saturated heterocycles. The van der Waals surface area contributed by atoms with Crippen LogP contribution < -0.4 is 0 Å². The number of fused-ring (bicyclic) bond motifs is 1. The van der Waals surface area contributed by atoms with E-state index in [4.69, 9.17) is 0 Å². The van der Waals surface area contributed by atoms with Gasteiger partial charge in [0.15, 0.2) is 11.5 Å². The number of phenolic OH excluding ortho intramolecular Hbond substituents is 2. The van der Waals surface area contributed by atoms with Gasteiger partial charge in [0.1, 0.15) is 11.4 Å². The number of carbonyl (C=O) groups excluding carboxylic acids is 1. The van der Waals surface area contributed by atoms with Crippen molar-refractivity contribution in [1.82, 2.24) is 4.90 Å². The van der Waals surface area contributed by atoms with Crippen molar-refractivity contribution >= 4 is 5.78 Å². The number of hydrogen-bond acceptors (Lipinski definition) is 6.